The lowest BCUT2D eigenvalue weighted by molar-refractivity contribution is -0.141. The first-order valence-electron chi connectivity index (χ1n) is 12.5. The number of esters is 1. The predicted molar refractivity (Wildman–Crippen MR) is 136 cm³/mol. The lowest BCUT2D eigenvalue weighted by Crippen LogP contribution is -2.43. The van der Waals surface area contributed by atoms with Crippen molar-refractivity contribution in [1.82, 2.24) is 4.90 Å². The van der Waals surface area contributed by atoms with E-state index in [1.807, 2.05) is 6.07 Å². The van der Waals surface area contributed by atoms with Gasteiger partial charge in [-0.2, -0.15) is 5.26 Å². The van der Waals surface area contributed by atoms with Crippen molar-refractivity contribution in [3.63, 3.8) is 0 Å². The van der Waals surface area contributed by atoms with Crippen LogP contribution >= 0.6 is 0 Å². The molecule has 0 spiro atoms. The molecule has 0 saturated heterocycles. The number of methoxy groups -OCH3 is 1. The van der Waals surface area contributed by atoms with Crippen LogP contribution in [0.1, 0.15) is 71.3 Å². The molecular weight excluding hydrogens is 460 g/mol. The second kappa shape index (κ2) is 14.7. The van der Waals surface area contributed by atoms with Crippen LogP contribution in [0.15, 0.2) is 34.9 Å². The molecule has 0 unspecified atom stereocenters. The van der Waals surface area contributed by atoms with Crippen molar-refractivity contribution in [2.45, 2.75) is 65.7 Å². The topological polar surface area (TPSA) is 106 Å². The molecule has 8 heteroatoms. The normalized spacial score (nSPS) is 14.8. The van der Waals surface area contributed by atoms with Crippen molar-refractivity contribution in [1.29, 1.82) is 5.26 Å². The molecular formula is C28H36N2O6. The van der Waals surface area contributed by atoms with Crippen LogP contribution in [0.3, 0.4) is 0 Å². The maximum absolute atomic E-state index is 13.2. The van der Waals surface area contributed by atoms with Crippen LogP contribution < -0.4 is 9.47 Å². The molecule has 2 rings (SSSR count). The van der Waals surface area contributed by atoms with Gasteiger partial charge >= 0.3 is 5.97 Å². The Morgan fingerprint density at radius 2 is 1.75 bits per heavy atom. The standard InChI is InChI=1S/C28H36N2O6/c1-5-6-7-8-9-10-15-36-25-13-12-22(18-26(25)34-4)17-23-20(2)24(19-29)28(33)30(27(23)32)14-11-16-35-21(3)31/h12-13,17-18H,5-11,14-16H2,1-4H3/b23-17+. The average molecular weight is 497 g/mol. The number of carbonyl (C=O) groups excluding carboxylic acids is 3. The van der Waals surface area contributed by atoms with Gasteiger partial charge in [0, 0.05) is 19.0 Å². The highest BCUT2D eigenvalue weighted by Gasteiger charge is 2.35. The van der Waals surface area contributed by atoms with Gasteiger partial charge in [0.1, 0.15) is 11.6 Å². The smallest absolute Gasteiger partial charge is 0.302 e. The van der Waals surface area contributed by atoms with E-state index in [0.29, 0.717) is 29.2 Å². The van der Waals surface area contributed by atoms with Gasteiger partial charge in [0.15, 0.2) is 11.5 Å². The predicted octanol–water partition coefficient (Wildman–Crippen LogP) is 4.98. The zero-order valence-corrected chi connectivity index (χ0v) is 21.7. The van der Waals surface area contributed by atoms with Crippen LogP contribution in [0, 0.1) is 11.3 Å². The number of hydrogen-bond donors (Lipinski definition) is 0. The molecule has 0 aromatic heterocycles. The van der Waals surface area contributed by atoms with E-state index in [2.05, 4.69) is 6.92 Å². The molecule has 0 aliphatic carbocycles. The van der Waals surface area contributed by atoms with Gasteiger partial charge in [-0.05, 0) is 49.1 Å². The second-order valence-electron chi connectivity index (χ2n) is 8.65. The Labute approximate surface area is 213 Å². The fourth-order valence-corrected chi connectivity index (χ4v) is 3.90. The number of amides is 2. The van der Waals surface area contributed by atoms with Crippen LogP contribution in [0.2, 0.25) is 0 Å². The monoisotopic (exact) mass is 496 g/mol. The minimum absolute atomic E-state index is 0.0370. The van der Waals surface area contributed by atoms with E-state index in [1.165, 1.54) is 32.6 Å². The number of hydrogen-bond acceptors (Lipinski definition) is 7. The summed E-state index contributed by atoms with van der Waals surface area (Å²) in [6.07, 6.45) is 8.94. The van der Waals surface area contributed by atoms with Crippen LogP contribution in [-0.2, 0) is 19.1 Å². The summed E-state index contributed by atoms with van der Waals surface area (Å²) in [6, 6.07) is 7.28. The van der Waals surface area contributed by atoms with Gasteiger partial charge in [0.05, 0.1) is 20.3 Å². The summed E-state index contributed by atoms with van der Waals surface area (Å²) < 4.78 is 16.3. The molecule has 0 saturated carbocycles. The summed E-state index contributed by atoms with van der Waals surface area (Å²) >= 11 is 0. The number of imide groups is 1. The van der Waals surface area contributed by atoms with E-state index in [4.69, 9.17) is 14.2 Å². The first-order valence-corrected chi connectivity index (χ1v) is 12.5. The van der Waals surface area contributed by atoms with Crippen molar-refractivity contribution >= 4 is 23.9 Å². The molecule has 1 aliphatic heterocycles. The van der Waals surface area contributed by atoms with Gasteiger partial charge in [-0.15, -0.1) is 0 Å². The van der Waals surface area contributed by atoms with E-state index >= 15 is 0 Å². The Balaban J connectivity index is 2.17. The number of nitrogens with zero attached hydrogens (tertiary/aromatic N) is 2. The third-order valence-corrected chi connectivity index (χ3v) is 5.91. The van der Waals surface area contributed by atoms with Crippen LogP contribution in [0.4, 0.5) is 0 Å². The number of ether oxygens (including phenoxy) is 3. The quantitative estimate of drug-likeness (QED) is 0.155. The first kappa shape index (κ1) is 28.6. The Kier molecular flexibility index (Phi) is 11.7. The Morgan fingerprint density at radius 3 is 2.42 bits per heavy atom. The molecule has 194 valence electrons. The Hall–Kier alpha value is -3.60. The van der Waals surface area contributed by atoms with E-state index in [0.717, 1.165) is 17.7 Å². The highest BCUT2D eigenvalue weighted by Crippen LogP contribution is 2.32. The van der Waals surface area contributed by atoms with Gasteiger partial charge in [-0.25, -0.2) is 0 Å². The lowest BCUT2D eigenvalue weighted by Gasteiger charge is -2.27. The average Bonchev–Trinajstić information content (AvgIpc) is 2.86. The minimum atomic E-state index is -0.643. The maximum Gasteiger partial charge on any atom is 0.302 e. The van der Waals surface area contributed by atoms with Gasteiger partial charge in [0.2, 0.25) is 0 Å². The molecule has 1 aromatic rings. The molecule has 8 nitrogen and oxygen atoms in total. The maximum atomic E-state index is 13.2. The summed E-state index contributed by atoms with van der Waals surface area (Å²) in [5.74, 6) is -0.420. The third-order valence-electron chi connectivity index (χ3n) is 5.91. The molecule has 0 atom stereocenters. The Bertz CT molecular complexity index is 1050. The van der Waals surface area contributed by atoms with Crippen molar-refractivity contribution < 1.29 is 28.6 Å². The largest absolute Gasteiger partial charge is 0.493 e. The first-order chi connectivity index (χ1) is 17.3. The van der Waals surface area contributed by atoms with Crippen LogP contribution in [-0.4, -0.2) is 49.6 Å². The molecule has 36 heavy (non-hydrogen) atoms. The van der Waals surface area contributed by atoms with Gasteiger partial charge < -0.3 is 14.2 Å². The fourth-order valence-electron chi connectivity index (χ4n) is 3.90. The van der Waals surface area contributed by atoms with Gasteiger partial charge in [-0.1, -0.05) is 45.1 Å². The molecule has 0 N–H and O–H groups in total. The molecule has 1 heterocycles. The van der Waals surface area contributed by atoms with E-state index in [1.54, 1.807) is 38.3 Å². The summed E-state index contributed by atoms with van der Waals surface area (Å²) in [4.78, 5) is 37.9. The molecule has 0 radical (unpaired) electrons. The van der Waals surface area contributed by atoms with Crippen molar-refractivity contribution in [3.8, 4) is 17.6 Å². The molecule has 1 aromatic carbocycles. The van der Waals surface area contributed by atoms with Gasteiger partial charge in [0.25, 0.3) is 11.8 Å². The summed E-state index contributed by atoms with van der Waals surface area (Å²) in [7, 11) is 1.55. The Morgan fingerprint density at radius 1 is 1.03 bits per heavy atom. The minimum Gasteiger partial charge on any atom is -0.493 e. The zero-order valence-electron chi connectivity index (χ0n) is 21.7. The number of nitriles is 1. The van der Waals surface area contributed by atoms with E-state index in [9.17, 15) is 19.6 Å². The molecule has 2 amide bonds. The number of rotatable bonds is 14. The summed E-state index contributed by atoms with van der Waals surface area (Å²) in [5.41, 5.74) is 1.17. The van der Waals surface area contributed by atoms with Crippen LogP contribution in [0.25, 0.3) is 6.08 Å². The zero-order chi connectivity index (χ0) is 26.5. The van der Waals surface area contributed by atoms with Crippen molar-refractivity contribution in [3.05, 3.63) is 40.5 Å². The fraction of sp³-hybridized carbons (Fsp3) is 0.500. The van der Waals surface area contributed by atoms with Crippen LogP contribution in [0.5, 0.6) is 11.5 Å². The highest BCUT2D eigenvalue weighted by molar-refractivity contribution is 6.19. The van der Waals surface area contributed by atoms with Crippen molar-refractivity contribution in [2.75, 3.05) is 26.9 Å². The SMILES string of the molecule is CCCCCCCCOc1ccc(/C=C2/C(=O)N(CCCOC(C)=O)C(=O)C(C#N)=C2C)cc1OC. The van der Waals surface area contributed by atoms with Gasteiger partial charge in [-0.3, -0.25) is 19.3 Å². The third kappa shape index (κ3) is 7.98. The second-order valence-corrected chi connectivity index (χ2v) is 8.65. The molecule has 0 fully saturated rings. The molecule has 0 bridgehead atoms. The van der Waals surface area contributed by atoms with E-state index in [-0.39, 0.29) is 30.7 Å². The summed E-state index contributed by atoms with van der Waals surface area (Å²) in [5, 5.41) is 9.55. The number of carbonyl (C=O) groups is 3. The summed E-state index contributed by atoms with van der Waals surface area (Å²) in [6.45, 7) is 5.79. The number of benzene rings is 1. The van der Waals surface area contributed by atoms with Crippen molar-refractivity contribution in [2.24, 2.45) is 0 Å². The molecule has 1 aliphatic rings. The highest BCUT2D eigenvalue weighted by atomic mass is 16.5. The lowest BCUT2D eigenvalue weighted by atomic mass is 9.93. The number of unbranched alkanes of at least 4 members (excludes halogenated alkanes) is 5. The van der Waals surface area contributed by atoms with E-state index < -0.39 is 17.8 Å².